The average Bonchev–Trinajstić information content (AvgIpc) is 2.57. The van der Waals surface area contributed by atoms with Gasteiger partial charge in [0.25, 0.3) is 0 Å². The van der Waals surface area contributed by atoms with Crippen LogP contribution in [0, 0.1) is 23.2 Å². The van der Waals surface area contributed by atoms with E-state index in [9.17, 15) is 15.3 Å². The Morgan fingerprint density at radius 3 is 1.78 bits per heavy atom. The molecule has 0 aromatic carbocycles. The third-order valence-electron chi connectivity index (χ3n) is 6.19. The fourth-order valence-electron chi connectivity index (χ4n) is 5.73. The van der Waals surface area contributed by atoms with Gasteiger partial charge in [0.2, 0.25) is 0 Å². The van der Waals surface area contributed by atoms with E-state index in [0.717, 1.165) is 19.3 Å². The summed E-state index contributed by atoms with van der Waals surface area (Å²) in [6.07, 6.45) is 4.55. The van der Waals surface area contributed by atoms with Gasteiger partial charge in [-0.15, -0.1) is 0 Å². The van der Waals surface area contributed by atoms with Crippen LogP contribution < -0.4 is 0 Å². The molecule has 102 valence electrons. The van der Waals surface area contributed by atoms with Gasteiger partial charge in [0.15, 0.2) is 6.29 Å². The summed E-state index contributed by atoms with van der Waals surface area (Å²) >= 11 is 0. The van der Waals surface area contributed by atoms with Crippen molar-refractivity contribution in [3.63, 3.8) is 0 Å². The molecule has 0 aromatic rings. The van der Waals surface area contributed by atoms with E-state index >= 15 is 0 Å². The molecule has 1 aliphatic heterocycles. The van der Waals surface area contributed by atoms with E-state index in [-0.39, 0.29) is 12.0 Å². The first-order chi connectivity index (χ1) is 8.52. The van der Waals surface area contributed by atoms with Gasteiger partial charge in [-0.3, -0.25) is 0 Å². The van der Waals surface area contributed by atoms with Gasteiger partial charge in [-0.25, -0.2) is 0 Å². The molecule has 4 heteroatoms. The van der Waals surface area contributed by atoms with Crippen LogP contribution in [0.5, 0.6) is 0 Å². The van der Waals surface area contributed by atoms with Gasteiger partial charge in [0.1, 0.15) is 11.7 Å². The Kier molecular flexibility index (Phi) is 2.25. The van der Waals surface area contributed by atoms with Gasteiger partial charge >= 0.3 is 0 Å². The normalized spacial score (nSPS) is 62.5. The topological polar surface area (TPSA) is 69.9 Å². The minimum absolute atomic E-state index is 0.0848. The molecule has 18 heavy (non-hydrogen) atoms. The average molecular weight is 254 g/mol. The van der Waals surface area contributed by atoms with Gasteiger partial charge < -0.3 is 20.1 Å². The first-order valence-corrected chi connectivity index (χ1v) is 7.22. The van der Waals surface area contributed by atoms with Crippen LogP contribution in [0.4, 0.5) is 0 Å². The number of rotatable bonds is 1. The van der Waals surface area contributed by atoms with Crippen molar-refractivity contribution in [2.24, 2.45) is 23.2 Å². The highest BCUT2D eigenvalue weighted by Gasteiger charge is 2.65. The van der Waals surface area contributed by atoms with Crippen molar-refractivity contribution in [1.29, 1.82) is 0 Å². The zero-order valence-electron chi connectivity index (χ0n) is 10.6. The third-order valence-corrected chi connectivity index (χ3v) is 6.19. The molecule has 4 nitrogen and oxygen atoms in total. The van der Waals surface area contributed by atoms with Crippen molar-refractivity contribution in [3.8, 4) is 0 Å². The van der Waals surface area contributed by atoms with Crippen molar-refractivity contribution in [1.82, 2.24) is 0 Å². The molecule has 0 radical (unpaired) electrons. The van der Waals surface area contributed by atoms with Crippen molar-refractivity contribution in [3.05, 3.63) is 0 Å². The fraction of sp³-hybridized carbons (Fsp3) is 1.00. The van der Waals surface area contributed by atoms with Gasteiger partial charge in [0.05, 0.1) is 6.61 Å². The minimum Gasteiger partial charge on any atom is -0.385 e. The van der Waals surface area contributed by atoms with E-state index in [1.165, 1.54) is 19.3 Å². The maximum Gasteiger partial charge on any atom is 0.183 e. The van der Waals surface area contributed by atoms with Crippen molar-refractivity contribution >= 4 is 0 Å². The maximum atomic E-state index is 11.0. The summed E-state index contributed by atoms with van der Waals surface area (Å²) in [5, 5.41) is 30.7. The van der Waals surface area contributed by atoms with E-state index in [0.29, 0.717) is 17.8 Å². The van der Waals surface area contributed by atoms with Gasteiger partial charge in [0, 0.05) is 5.41 Å². The van der Waals surface area contributed by atoms with E-state index in [4.69, 9.17) is 4.74 Å². The van der Waals surface area contributed by atoms with Crippen LogP contribution in [-0.2, 0) is 4.74 Å². The van der Waals surface area contributed by atoms with Crippen LogP contribution in [0.1, 0.15) is 38.5 Å². The number of hydrogen-bond acceptors (Lipinski definition) is 4. The lowest BCUT2D eigenvalue weighted by atomic mass is 9.45. The second-order valence-corrected chi connectivity index (χ2v) is 7.27. The first kappa shape index (κ1) is 11.6. The van der Waals surface area contributed by atoms with Crippen LogP contribution in [0.25, 0.3) is 0 Å². The highest BCUT2D eigenvalue weighted by Crippen LogP contribution is 2.65. The summed E-state index contributed by atoms with van der Waals surface area (Å²) in [4.78, 5) is 0. The molecule has 0 aromatic heterocycles. The summed E-state index contributed by atoms with van der Waals surface area (Å²) in [6, 6.07) is 0. The molecule has 5 aliphatic rings. The molecule has 1 saturated heterocycles. The van der Waals surface area contributed by atoms with Crippen molar-refractivity contribution < 1.29 is 20.1 Å². The zero-order chi connectivity index (χ0) is 12.5. The van der Waals surface area contributed by atoms with Crippen LogP contribution >= 0.6 is 0 Å². The first-order valence-electron chi connectivity index (χ1n) is 7.22. The quantitative estimate of drug-likeness (QED) is 0.642. The lowest BCUT2D eigenvalue weighted by molar-refractivity contribution is -0.212. The second-order valence-electron chi connectivity index (χ2n) is 7.27. The Labute approximate surface area is 107 Å². The van der Waals surface area contributed by atoms with Crippen molar-refractivity contribution in [2.75, 3.05) is 6.61 Å². The monoisotopic (exact) mass is 254 g/mol. The summed E-state index contributed by atoms with van der Waals surface area (Å²) in [5.74, 6) is 2.14. The smallest absolute Gasteiger partial charge is 0.183 e. The standard InChI is InChI=1S/C14H22O4/c15-11-12(16)18-7-14(11,17)13-4-8-1-9(5-13)3-10(2-8)6-13/h8-12,15-17H,1-7H2/t8?,9?,10?,11-,12?,13?,14+/m1/s1. The van der Waals surface area contributed by atoms with E-state index < -0.39 is 18.0 Å². The zero-order valence-corrected chi connectivity index (χ0v) is 10.6. The van der Waals surface area contributed by atoms with Crippen LogP contribution in [-0.4, -0.2) is 39.9 Å². The molecule has 3 atom stereocenters. The molecule has 4 aliphatic carbocycles. The Hall–Kier alpha value is -0.160. The number of ether oxygens (including phenoxy) is 1. The number of aliphatic hydroxyl groups excluding tert-OH is 2. The van der Waals surface area contributed by atoms with E-state index in [1.807, 2.05) is 0 Å². The predicted molar refractivity (Wildman–Crippen MR) is 63.5 cm³/mol. The second kappa shape index (κ2) is 3.48. The highest BCUT2D eigenvalue weighted by molar-refractivity contribution is 5.14. The Balaban J connectivity index is 1.71. The molecule has 3 N–H and O–H groups in total. The highest BCUT2D eigenvalue weighted by atomic mass is 16.6. The van der Waals surface area contributed by atoms with Crippen LogP contribution in [0.15, 0.2) is 0 Å². The number of hydrogen-bond donors (Lipinski definition) is 3. The largest absolute Gasteiger partial charge is 0.385 e. The predicted octanol–water partition coefficient (Wildman–Crippen LogP) is 0.643. The van der Waals surface area contributed by atoms with Gasteiger partial charge in [-0.05, 0) is 56.3 Å². The summed E-state index contributed by atoms with van der Waals surface area (Å²) in [6.45, 7) is 0.0848. The molecule has 4 saturated carbocycles. The molecule has 4 bridgehead atoms. The van der Waals surface area contributed by atoms with Crippen LogP contribution in [0.3, 0.4) is 0 Å². The van der Waals surface area contributed by atoms with Crippen LogP contribution in [0.2, 0.25) is 0 Å². The number of aliphatic hydroxyl groups is 3. The molecule has 5 rings (SSSR count). The molecular formula is C14H22O4. The molecule has 0 spiro atoms. The maximum absolute atomic E-state index is 11.0. The SMILES string of the molecule is OC1OC[C@@](O)(C23CC4CC(CC(C4)C2)C3)[C@@H]1O. The lowest BCUT2D eigenvalue weighted by Gasteiger charge is -2.61. The lowest BCUT2D eigenvalue weighted by Crippen LogP contribution is -2.63. The van der Waals surface area contributed by atoms with Gasteiger partial charge in [-0.2, -0.15) is 0 Å². The van der Waals surface area contributed by atoms with E-state index in [2.05, 4.69) is 0 Å². The molecule has 1 heterocycles. The van der Waals surface area contributed by atoms with E-state index in [1.54, 1.807) is 0 Å². The fourth-order valence-corrected chi connectivity index (χ4v) is 5.73. The molecular weight excluding hydrogens is 232 g/mol. The Bertz CT molecular complexity index is 334. The molecule has 1 unspecified atom stereocenters. The Morgan fingerprint density at radius 1 is 0.889 bits per heavy atom. The third kappa shape index (κ3) is 1.30. The summed E-state index contributed by atoms with van der Waals surface area (Å²) in [5.41, 5.74) is -1.44. The summed E-state index contributed by atoms with van der Waals surface area (Å²) in [7, 11) is 0. The summed E-state index contributed by atoms with van der Waals surface area (Å²) < 4.78 is 5.13. The minimum atomic E-state index is -1.23. The molecule has 0 amide bonds. The van der Waals surface area contributed by atoms with Crippen molar-refractivity contribution in [2.45, 2.75) is 56.5 Å². The molecule has 5 fully saturated rings. The Morgan fingerprint density at radius 2 is 1.39 bits per heavy atom. The van der Waals surface area contributed by atoms with Gasteiger partial charge in [-0.1, -0.05) is 0 Å².